The number of hydrogen-bond acceptors (Lipinski definition) is 11. The number of carbonyl (C=O) groups excluding carboxylic acids is 3. The van der Waals surface area contributed by atoms with Crippen molar-refractivity contribution in [1.82, 2.24) is 44.3 Å². The number of benzene rings is 4. The fourth-order valence-corrected chi connectivity index (χ4v) is 11.3. The fourth-order valence-electron chi connectivity index (χ4n) is 11.3. The van der Waals surface area contributed by atoms with Crippen molar-refractivity contribution in [1.29, 1.82) is 0 Å². The minimum Gasteiger partial charge on any atom is -0.495 e. The number of rotatable bonds is 22. The lowest BCUT2D eigenvalue weighted by Crippen LogP contribution is -2.49. The molecule has 0 aliphatic carbocycles. The van der Waals surface area contributed by atoms with Crippen LogP contribution in [0.4, 0.5) is 24.5 Å². The predicted molar refractivity (Wildman–Crippen MR) is 316 cm³/mol. The van der Waals surface area contributed by atoms with E-state index in [1.807, 2.05) is 67.6 Å². The van der Waals surface area contributed by atoms with Crippen molar-refractivity contribution >= 4 is 51.0 Å². The lowest BCUT2D eigenvalue weighted by atomic mass is 9.90. The van der Waals surface area contributed by atoms with Gasteiger partial charge in [0.25, 0.3) is 11.5 Å². The number of nitrogens with zero attached hydrogens (tertiary/aromatic N) is 7. The molecule has 0 saturated carbocycles. The number of methoxy groups -OCH3 is 1. The van der Waals surface area contributed by atoms with Gasteiger partial charge < -0.3 is 45.5 Å². The molecule has 1 atom stereocenters. The van der Waals surface area contributed by atoms with Crippen LogP contribution in [0.5, 0.6) is 5.75 Å². The van der Waals surface area contributed by atoms with E-state index in [2.05, 4.69) is 48.1 Å². The Bertz CT molecular complexity index is 3510. The molecule has 0 radical (unpaired) electrons. The van der Waals surface area contributed by atoms with Crippen LogP contribution in [0.25, 0.3) is 33.2 Å². The Morgan fingerprint density at radius 2 is 1.64 bits per heavy atom. The Morgan fingerprint density at radius 1 is 0.892 bits per heavy atom. The summed E-state index contributed by atoms with van der Waals surface area (Å²) in [4.78, 5) is 60.7. The quantitative estimate of drug-likeness (QED) is 0.0322. The molecule has 9 rings (SSSR count). The van der Waals surface area contributed by atoms with Crippen molar-refractivity contribution in [2.24, 2.45) is 7.05 Å². The maximum atomic E-state index is 13.9. The Hall–Kier alpha value is -8.15. The van der Waals surface area contributed by atoms with Gasteiger partial charge in [0, 0.05) is 87.9 Å². The van der Waals surface area contributed by atoms with Gasteiger partial charge in [0.05, 0.1) is 54.7 Å². The number of alkyl halides is 3. The summed E-state index contributed by atoms with van der Waals surface area (Å²) in [6.45, 7) is 5.01. The van der Waals surface area contributed by atoms with Gasteiger partial charge in [-0.25, -0.2) is 4.98 Å². The van der Waals surface area contributed by atoms with Crippen LogP contribution in [-0.4, -0.2) is 128 Å². The molecule has 3 aromatic heterocycles. The van der Waals surface area contributed by atoms with Crippen LogP contribution in [0.3, 0.4) is 0 Å². The second-order valence-electron chi connectivity index (χ2n) is 22.0. The van der Waals surface area contributed by atoms with Gasteiger partial charge >= 0.3 is 6.18 Å². The van der Waals surface area contributed by atoms with E-state index in [-0.39, 0.29) is 59.5 Å². The second-order valence-corrected chi connectivity index (χ2v) is 22.0. The van der Waals surface area contributed by atoms with Gasteiger partial charge in [-0.05, 0) is 104 Å². The predicted octanol–water partition coefficient (Wildman–Crippen LogP) is 8.84. The van der Waals surface area contributed by atoms with E-state index >= 15 is 0 Å². The summed E-state index contributed by atoms with van der Waals surface area (Å²) >= 11 is 0. The van der Waals surface area contributed by atoms with Crippen molar-refractivity contribution < 1.29 is 37.4 Å². The molecule has 438 valence electrons. The van der Waals surface area contributed by atoms with Crippen LogP contribution in [0.2, 0.25) is 0 Å². The normalized spacial score (nSPS) is 15.2. The lowest BCUT2D eigenvalue weighted by molar-refractivity contribution is -0.140. The van der Waals surface area contributed by atoms with Crippen LogP contribution < -0.4 is 31.6 Å². The third kappa shape index (κ3) is 15.1. The van der Waals surface area contributed by atoms with E-state index in [1.165, 1.54) is 29.6 Å². The monoisotopic (exact) mass is 1140 g/mol. The van der Waals surface area contributed by atoms with Gasteiger partial charge in [-0.3, -0.25) is 28.4 Å². The molecule has 20 heteroatoms. The molecular weight excluding hydrogens is 1060 g/mol. The summed E-state index contributed by atoms with van der Waals surface area (Å²) in [6.07, 6.45) is 4.08. The van der Waals surface area contributed by atoms with Crippen LogP contribution in [0.1, 0.15) is 104 Å². The number of aromatic nitrogens is 5. The number of unbranched alkanes of at least 4 members (excludes halogenated alkanes) is 3. The van der Waals surface area contributed by atoms with Crippen molar-refractivity contribution in [3.8, 4) is 28.8 Å². The molecule has 2 saturated heterocycles. The van der Waals surface area contributed by atoms with Crippen molar-refractivity contribution in [2.45, 2.75) is 115 Å². The number of fused-ring (bicyclic) bond motifs is 2. The highest BCUT2D eigenvalue weighted by atomic mass is 19.4. The summed E-state index contributed by atoms with van der Waals surface area (Å²) in [5.74, 6) is 6.23. The molecule has 0 bridgehead atoms. The summed E-state index contributed by atoms with van der Waals surface area (Å²) in [6, 6.07) is 29.9. The average molecular weight is 1140 g/mol. The smallest absolute Gasteiger partial charge is 0.406 e. The van der Waals surface area contributed by atoms with Crippen molar-refractivity contribution in [3.63, 3.8) is 0 Å². The molecule has 0 unspecified atom stereocenters. The number of anilines is 2. The number of aliphatic hydroxyl groups is 1. The van der Waals surface area contributed by atoms with Gasteiger partial charge in [-0.2, -0.15) is 18.3 Å². The number of likely N-dealkylation sites (tertiary alicyclic amines) is 2. The molecular formula is C63H74F3N11O6. The summed E-state index contributed by atoms with van der Waals surface area (Å²) < 4.78 is 51.4. The first-order chi connectivity index (χ1) is 40.0. The molecule has 5 heterocycles. The lowest BCUT2D eigenvalue weighted by Gasteiger charge is -2.38. The van der Waals surface area contributed by atoms with Crippen molar-refractivity contribution in [3.05, 3.63) is 136 Å². The van der Waals surface area contributed by atoms with Crippen molar-refractivity contribution in [2.75, 3.05) is 64.1 Å². The molecule has 2 aliphatic rings. The molecule has 2 fully saturated rings. The zero-order chi connectivity index (χ0) is 58.7. The van der Waals surface area contributed by atoms with Crippen LogP contribution in [-0.2, 0) is 36.3 Å². The number of carbonyl (C=O) groups is 3. The third-order valence-electron chi connectivity index (χ3n) is 16.0. The second kappa shape index (κ2) is 26.8. The number of halogens is 3. The van der Waals surface area contributed by atoms with Crippen LogP contribution >= 0.6 is 0 Å². The standard InChI is InChI=1S/C63H74F3N11O6/c1-43(45-14-8-7-9-15-45)36-56(79)75-34-28-62(82,29-35-75)40-76-42-70-57-58(61(76)81)72-73(3)59(57)46-22-20-44(21-23-46)39-69-55(78)19-10-5-6-11-31-74-32-26-48(27-33-74)71-51-17-12-18-53-50(51)38-49(77(53)41-63(64,65)66)16-13-30-68-52-25-24-47(60(80)67-2)37-54(52)83-4/h7-9,12,14-15,17-18,20-25,37-38,42-43,48,68,71,82H,5-6,10-11,19,26-36,39-41H2,1-4H3,(H,67,80)(H,69,78)/t43-/m1/s1. The highest BCUT2D eigenvalue weighted by Gasteiger charge is 2.36. The van der Waals surface area contributed by atoms with Gasteiger partial charge in [0.2, 0.25) is 11.8 Å². The van der Waals surface area contributed by atoms with E-state index in [9.17, 15) is 37.5 Å². The van der Waals surface area contributed by atoms with Gasteiger partial charge in [0.1, 0.15) is 17.8 Å². The summed E-state index contributed by atoms with van der Waals surface area (Å²) in [5, 5.41) is 29.2. The van der Waals surface area contributed by atoms with E-state index in [0.717, 1.165) is 80.5 Å². The molecule has 2 aliphatic heterocycles. The summed E-state index contributed by atoms with van der Waals surface area (Å²) in [5.41, 5.74) is 5.19. The van der Waals surface area contributed by atoms with Crippen LogP contribution in [0, 0.1) is 11.8 Å². The highest BCUT2D eigenvalue weighted by molar-refractivity contribution is 5.95. The Morgan fingerprint density at radius 3 is 2.36 bits per heavy atom. The maximum absolute atomic E-state index is 13.9. The minimum absolute atomic E-state index is 0.00604. The van der Waals surface area contributed by atoms with E-state index < -0.39 is 18.3 Å². The number of ether oxygens (including phenoxy) is 1. The van der Waals surface area contributed by atoms with E-state index in [0.29, 0.717) is 84.4 Å². The zero-order valence-corrected chi connectivity index (χ0v) is 47.7. The SMILES string of the molecule is CNC(=O)c1ccc(NCC#Cc2cc3c(NC4CCN(CCCCCCC(=O)NCc5ccc(-c6c7ncn(CC8(O)CCN(C(=O)C[C@@H](C)c9ccccc9)CC8)c(=O)c7nn6C)cc5)CC4)cccc3n2CC(F)(F)F)c(OC)c1. The fraction of sp³-hybridized carbons (Fsp3) is 0.429. The number of aryl methyl sites for hydroxylation is 1. The van der Waals surface area contributed by atoms with Crippen LogP contribution in [0.15, 0.2) is 108 Å². The Kier molecular flexibility index (Phi) is 19.2. The molecule has 0 spiro atoms. The van der Waals surface area contributed by atoms with Gasteiger partial charge in [-0.15, -0.1) is 0 Å². The van der Waals surface area contributed by atoms with E-state index in [1.54, 1.807) is 53.0 Å². The minimum atomic E-state index is -4.45. The number of piperidine rings is 2. The average Bonchev–Trinajstić information content (AvgIpc) is 3.07. The first kappa shape index (κ1) is 59.5. The molecule has 17 nitrogen and oxygen atoms in total. The van der Waals surface area contributed by atoms with Gasteiger partial charge in [0.15, 0.2) is 5.52 Å². The third-order valence-corrected chi connectivity index (χ3v) is 16.0. The maximum Gasteiger partial charge on any atom is 0.406 e. The first-order valence-electron chi connectivity index (χ1n) is 28.6. The Balaban J connectivity index is 0.678. The molecule has 3 amide bonds. The number of hydrogen-bond donors (Lipinski definition) is 5. The number of nitrogens with one attached hydrogen (secondary N) is 4. The van der Waals surface area contributed by atoms with E-state index in [4.69, 9.17) is 4.74 Å². The highest BCUT2D eigenvalue weighted by Crippen LogP contribution is 2.33. The Labute approximate surface area is 481 Å². The largest absolute Gasteiger partial charge is 0.495 e. The molecule has 7 aromatic rings. The zero-order valence-electron chi connectivity index (χ0n) is 47.7. The molecule has 5 N–H and O–H groups in total. The number of amides is 3. The first-order valence-corrected chi connectivity index (χ1v) is 28.6. The summed E-state index contributed by atoms with van der Waals surface area (Å²) in [7, 11) is 4.79. The van der Waals surface area contributed by atoms with Gasteiger partial charge in [-0.1, -0.05) is 86.3 Å². The molecule has 83 heavy (non-hydrogen) atoms. The molecule has 4 aromatic carbocycles. The topological polar surface area (TPSA) is 193 Å².